The first-order valence-electron chi connectivity index (χ1n) is 6.29. The van der Waals surface area contributed by atoms with Crippen molar-refractivity contribution in [3.63, 3.8) is 0 Å². The van der Waals surface area contributed by atoms with E-state index in [1.807, 2.05) is 6.92 Å². The third-order valence-electron chi connectivity index (χ3n) is 3.14. The van der Waals surface area contributed by atoms with Crippen LogP contribution in [0.15, 0.2) is 28.8 Å². The predicted octanol–water partition coefficient (Wildman–Crippen LogP) is 2.52. The van der Waals surface area contributed by atoms with E-state index in [1.54, 1.807) is 19.1 Å². The molecular weight excluding hydrogens is 262 g/mol. The predicted molar refractivity (Wildman–Crippen MR) is 71.1 cm³/mol. The van der Waals surface area contributed by atoms with E-state index < -0.39 is 11.0 Å². The topological polar surface area (TPSA) is 102 Å². The molecule has 2 aromatic rings. The van der Waals surface area contributed by atoms with Crippen molar-refractivity contribution in [1.82, 2.24) is 10.1 Å². The molecule has 1 heterocycles. The van der Waals surface area contributed by atoms with Crippen molar-refractivity contribution in [2.45, 2.75) is 32.3 Å². The SMILES string of the molecule is CCC(O)C(C)c1nc(-c2cccc([N+](=O)[O-])c2)no1. The number of hydrogen-bond donors (Lipinski definition) is 1. The Hall–Kier alpha value is -2.28. The number of nitro groups is 1. The molecule has 1 N–H and O–H groups in total. The van der Waals surface area contributed by atoms with Gasteiger partial charge in [0.05, 0.1) is 16.9 Å². The minimum Gasteiger partial charge on any atom is -0.392 e. The van der Waals surface area contributed by atoms with Crippen LogP contribution in [0.5, 0.6) is 0 Å². The van der Waals surface area contributed by atoms with E-state index in [0.29, 0.717) is 17.9 Å². The molecule has 0 saturated heterocycles. The van der Waals surface area contributed by atoms with Gasteiger partial charge in [0, 0.05) is 17.7 Å². The van der Waals surface area contributed by atoms with Gasteiger partial charge in [-0.1, -0.05) is 31.1 Å². The fraction of sp³-hybridized carbons (Fsp3) is 0.385. The van der Waals surface area contributed by atoms with Crippen LogP contribution < -0.4 is 0 Å². The zero-order valence-electron chi connectivity index (χ0n) is 11.2. The third kappa shape index (κ3) is 2.83. The van der Waals surface area contributed by atoms with Gasteiger partial charge in [-0.15, -0.1) is 0 Å². The van der Waals surface area contributed by atoms with E-state index in [4.69, 9.17) is 4.52 Å². The first kappa shape index (κ1) is 14.1. The Labute approximate surface area is 115 Å². The van der Waals surface area contributed by atoms with Gasteiger partial charge in [0.2, 0.25) is 11.7 Å². The van der Waals surface area contributed by atoms with E-state index in [-0.39, 0.29) is 17.4 Å². The molecule has 106 valence electrons. The van der Waals surface area contributed by atoms with Gasteiger partial charge in [-0.2, -0.15) is 4.98 Å². The van der Waals surface area contributed by atoms with Crippen LogP contribution in [-0.4, -0.2) is 26.3 Å². The van der Waals surface area contributed by atoms with Crippen LogP contribution in [0.25, 0.3) is 11.4 Å². The second kappa shape index (κ2) is 5.79. The highest BCUT2D eigenvalue weighted by atomic mass is 16.6. The maximum Gasteiger partial charge on any atom is 0.270 e. The van der Waals surface area contributed by atoms with E-state index in [2.05, 4.69) is 10.1 Å². The lowest BCUT2D eigenvalue weighted by Gasteiger charge is -2.11. The summed E-state index contributed by atoms with van der Waals surface area (Å²) in [6.07, 6.45) is 0.0174. The van der Waals surface area contributed by atoms with E-state index in [0.717, 1.165) is 0 Å². The summed E-state index contributed by atoms with van der Waals surface area (Å²) in [7, 11) is 0. The van der Waals surface area contributed by atoms with Crippen LogP contribution in [0.1, 0.15) is 32.1 Å². The highest BCUT2D eigenvalue weighted by Gasteiger charge is 2.21. The molecule has 20 heavy (non-hydrogen) atoms. The Morgan fingerprint density at radius 3 is 2.90 bits per heavy atom. The van der Waals surface area contributed by atoms with Gasteiger partial charge < -0.3 is 9.63 Å². The molecule has 0 amide bonds. The number of aliphatic hydroxyl groups excluding tert-OH is 1. The average molecular weight is 277 g/mol. The lowest BCUT2D eigenvalue weighted by atomic mass is 10.0. The minimum absolute atomic E-state index is 0.0320. The molecule has 0 fully saturated rings. The summed E-state index contributed by atoms with van der Waals surface area (Å²) in [5, 5.41) is 24.3. The maximum absolute atomic E-state index is 10.7. The molecule has 0 spiro atoms. The number of rotatable bonds is 5. The lowest BCUT2D eigenvalue weighted by Crippen LogP contribution is -2.14. The Morgan fingerprint density at radius 2 is 2.25 bits per heavy atom. The van der Waals surface area contributed by atoms with E-state index in [9.17, 15) is 15.2 Å². The molecule has 0 saturated carbocycles. The Balaban J connectivity index is 2.29. The van der Waals surface area contributed by atoms with Crippen LogP contribution in [0.2, 0.25) is 0 Å². The Kier molecular flexibility index (Phi) is 4.09. The fourth-order valence-corrected chi connectivity index (χ4v) is 1.81. The van der Waals surface area contributed by atoms with Crippen molar-refractivity contribution in [1.29, 1.82) is 0 Å². The molecule has 1 aromatic carbocycles. The zero-order valence-corrected chi connectivity index (χ0v) is 11.2. The highest BCUT2D eigenvalue weighted by molar-refractivity contribution is 5.58. The van der Waals surface area contributed by atoms with Crippen molar-refractivity contribution < 1.29 is 14.6 Å². The number of nitrogens with zero attached hydrogens (tertiary/aromatic N) is 3. The Morgan fingerprint density at radius 1 is 1.50 bits per heavy atom. The molecule has 0 aliphatic rings. The molecule has 0 aliphatic heterocycles. The molecule has 0 bridgehead atoms. The van der Waals surface area contributed by atoms with E-state index in [1.165, 1.54) is 12.1 Å². The van der Waals surface area contributed by atoms with Gasteiger partial charge >= 0.3 is 0 Å². The first-order valence-corrected chi connectivity index (χ1v) is 6.29. The Bertz CT molecular complexity index is 611. The van der Waals surface area contributed by atoms with Crippen molar-refractivity contribution in [2.75, 3.05) is 0 Å². The number of benzene rings is 1. The number of non-ortho nitro benzene ring substituents is 1. The molecule has 1 aromatic heterocycles. The number of hydrogen-bond acceptors (Lipinski definition) is 6. The molecule has 2 unspecified atom stereocenters. The lowest BCUT2D eigenvalue weighted by molar-refractivity contribution is -0.384. The summed E-state index contributed by atoms with van der Waals surface area (Å²) in [5.74, 6) is 0.319. The molecule has 7 nitrogen and oxygen atoms in total. The number of aliphatic hydroxyl groups is 1. The van der Waals surface area contributed by atoms with Crippen LogP contribution in [-0.2, 0) is 0 Å². The average Bonchev–Trinajstić information content (AvgIpc) is 2.95. The van der Waals surface area contributed by atoms with Gasteiger partial charge in [0.25, 0.3) is 5.69 Å². The van der Waals surface area contributed by atoms with Gasteiger partial charge in [-0.25, -0.2) is 0 Å². The fourth-order valence-electron chi connectivity index (χ4n) is 1.81. The molecule has 2 rings (SSSR count). The van der Waals surface area contributed by atoms with E-state index >= 15 is 0 Å². The third-order valence-corrected chi connectivity index (χ3v) is 3.14. The van der Waals surface area contributed by atoms with Gasteiger partial charge in [-0.3, -0.25) is 10.1 Å². The monoisotopic (exact) mass is 277 g/mol. The summed E-state index contributed by atoms with van der Waals surface area (Å²) >= 11 is 0. The second-order valence-electron chi connectivity index (χ2n) is 4.53. The minimum atomic E-state index is -0.562. The number of nitro benzene ring substituents is 1. The normalized spacial score (nSPS) is 13.9. The van der Waals surface area contributed by atoms with Gasteiger partial charge in [-0.05, 0) is 6.42 Å². The first-order chi connectivity index (χ1) is 9.52. The summed E-state index contributed by atoms with van der Waals surface area (Å²) in [6, 6.07) is 6.01. The van der Waals surface area contributed by atoms with Crippen molar-refractivity contribution in [3.8, 4) is 11.4 Å². The smallest absolute Gasteiger partial charge is 0.270 e. The highest BCUT2D eigenvalue weighted by Crippen LogP contribution is 2.25. The second-order valence-corrected chi connectivity index (χ2v) is 4.53. The van der Waals surface area contributed by atoms with Gasteiger partial charge in [0.15, 0.2) is 0 Å². The summed E-state index contributed by atoms with van der Waals surface area (Å²) in [6.45, 7) is 3.65. The van der Waals surface area contributed by atoms with Gasteiger partial charge in [0.1, 0.15) is 0 Å². The van der Waals surface area contributed by atoms with Crippen LogP contribution >= 0.6 is 0 Å². The van der Waals surface area contributed by atoms with Crippen LogP contribution in [0.3, 0.4) is 0 Å². The molecule has 0 aliphatic carbocycles. The quantitative estimate of drug-likeness (QED) is 0.665. The zero-order chi connectivity index (χ0) is 14.7. The standard InChI is InChI=1S/C13H15N3O4/c1-3-11(17)8(2)13-14-12(15-20-13)9-5-4-6-10(7-9)16(18)19/h4-8,11,17H,3H2,1-2H3. The number of aromatic nitrogens is 2. The summed E-state index contributed by atoms with van der Waals surface area (Å²) in [5.41, 5.74) is 0.475. The molecule has 0 radical (unpaired) electrons. The largest absolute Gasteiger partial charge is 0.392 e. The van der Waals surface area contributed by atoms with Crippen molar-refractivity contribution in [2.24, 2.45) is 0 Å². The summed E-state index contributed by atoms with van der Waals surface area (Å²) < 4.78 is 5.11. The molecule has 7 heteroatoms. The van der Waals surface area contributed by atoms with Crippen molar-refractivity contribution >= 4 is 5.69 Å². The molecular formula is C13H15N3O4. The molecule has 2 atom stereocenters. The summed E-state index contributed by atoms with van der Waals surface area (Å²) in [4.78, 5) is 14.4. The van der Waals surface area contributed by atoms with Crippen LogP contribution in [0, 0.1) is 10.1 Å². The van der Waals surface area contributed by atoms with Crippen LogP contribution in [0.4, 0.5) is 5.69 Å². The van der Waals surface area contributed by atoms with Crippen molar-refractivity contribution in [3.05, 3.63) is 40.3 Å². The maximum atomic E-state index is 10.7.